The van der Waals surface area contributed by atoms with Gasteiger partial charge in [0.05, 0.1) is 20.3 Å². The van der Waals surface area contributed by atoms with Gasteiger partial charge in [-0.3, -0.25) is 0 Å². The quantitative estimate of drug-likeness (QED) is 0.669. The lowest BCUT2D eigenvalue weighted by atomic mass is 10.1. The van der Waals surface area contributed by atoms with Crippen LogP contribution in [0, 0.1) is 13.8 Å². The topological polar surface area (TPSA) is 27.7 Å². The number of hydrogen-bond donors (Lipinski definition) is 0. The first-order valence-electron chi connectivity index (χ1n) is 7.66. The lowest BCUT2D eigenvalue weighted by molar-refractivity contribution is 0.265. The van der Waals surface area contributed by atoms with Crippen LogP contribution in [0.1, 0.15) is 24.0 Å². The first-order valence-corrected chi connectivity index (χ1v) is 7.66. The minimum atomic E-state index is 0.697. The van der Waals surface area contributed by atoms with Gasteiger partial charge in [-0.15, -0.1) is 0 Å². The summed E-state index contributed by atoms with van der Waals surface area (Å²) in [6.07, 6.45) is 1.94. The van der Waals surface area contributed by atoms with Gasteiger partial charge in [-0.25, -0.2) is 0 Å². The molecule has 2 aromatic rings. The van der Waals surface area contributed by atoms with Crippen molar-refractivity contribution in [3.63, 3.8) is 0 Å². The third-order valence-electron chi connectivity index (χ3n) is 3.45. The summed E-state index contributed by atoms with van der Waals surface area (Å²) in [6, 6.07) is 13.9. The Balaban J connectivity index is 1.62. The van der Waals surface area contributed by atoms with Gasteiger partial charge in [0.25, 0.3) is 0 Å². The number of methoxy groups -OCH3 is 1. The Bertz CT molecular complexity index is 576. The van der Waals surface area contributed by atoms with Crippen molar-refractivity contribution in [2.75, 3.05) is 20.3 Å². The molecule has 0 atom stereocenters. The Labute approximate surface area is 132 Å². The molecule has 0 fully saturated rings. The molecule has 0 N–H and O–H groups in total. The number of ether oxygens (including phenoxy) is 3. The number of hydrogen-bond acceptors (Lipinski definition) is 3. The second-order valence-corrected chi connectivity index (χ2v) is 5.35. The summed E-state index contributed by atoms with van der Waals surface area (Å²) in [7, 11) is 1.66. The van der Waals surface area contributed by atoms with Crippen LogP contribution in [0.4, 0.5) is 0 Å². The van der Waals surface area contributed by atoms with E-state index in [9.17, 15) is 0 Å². The van der Waals surface area contributed by atoms with Crippen LogP contribution in [-0.4, -0.2) is 20.3 Å². The minimum absolute atomic E-state index is 0.697. The van der Waals surface area contributed by atoms with Gasteiger partial charge in [-0.2, -0.15) is 0 Å². The van der Waals surface area contributed by atoms with E-state index in [1.807, 2.05) is 30.3 Å². The van der Waals surface area contributed by atoms with Crippen LogP contribution in [0.5, 0.6) is 17.2 Å². The van der Waals surface area contributed by atoms with Gasteiger partial charge >= 0.3 is 0 Å². The molecule has 2 rings (SSSR count). The fourth-order valence-corrected chi connectivity index (χ4v) is 2.21. The third kappa shape index (κ3) is 4.99. The molecule has 118 valence electrons. The van der Waals surface area contributed by atoms with Crippen molar-refractivity contribution >= 4 is 0 Å². The normalized spacial score (nSPS) is 10.3. The summed E-state index contributed by atoms with van der Waals surface area (Å²) in [5, 5.41) is 0. The molecule has 0 radical (unpaired) electrons. The molecule has 0 aliphatic carbocycles. The fourth-order valence-electron chi connectivity index (χ4n) is 2.21. The van der Waals surface area contributed by atoms with E-state index in [0.29, 0.717) is 6.61 Å². The van der Waals surface area contributed by atoms with Gasteiger partial charge in [0.1, 0.15) is 17.2 Å². The molecule has 0 saturated carbocycles. The van der Waals surface area contributed by atoms with Crippen molar-refractivity contribution in [3.8, 4) is 17.2 Å². The monoisotopic (exact) mass is 300 g/mol. The fraction of sp³-hybridized carbons (Fsp3) is 0.368. The first-order chi connectivity index (χ1) is 10.7. The minimum Gasteiger partial charge on any atom is -0.497 e. The highest BCUT2D eigenvalue weighted by Crippen LogP contribution is 2.19. The molecule has 3 nitrogen and oxygen atoms in total. The standard InChI is InChI=1S/C19H24O3/c1-15-6-11-19(16(2)14-15)22-13-5-4-12-21-18-9-7-17(20-3)8-10-18/h6-11,14H,4-5,12-13H2,1-3H3. The lowest BCUT2D eigenvalue weighted by Gasteiger charge is -2.10. The number of rotatable bonds is 8. The van der Waals surface area contributed by atoms with Crippen LogP contribution in [0.25, 0.3) is 0 Å². The average molecular weight is 300 g/mol. The largest absolute Gasteiger partial charge is 0.497 e. The van der Waals surface area contributed by atoms with Crippen molar-refractivity contribution in [1.29, 1.82) is 0 Å². The maximum Gasteiger partial charge on any atom is 0.122 e. The molecule has 0 amide bonds. The van der Waals surface area contributed by atoms with E-state index >= 15 is 0 Å². The summed E-state index contributed by atoms with van der Waals surface area (Å²) in [5.74, 6) is 2.69. The molecule has 3 heteroatoms. The zero-order valence-corrected chi connectivity index (χ0v) is 13.6. The molecular weight excluding hydrogens is 276 g/mol. The van der Waals surface area contributed by atoms with E-state index in [1.54, 1.807) is 7.11 Å². The zero-order valence-electron chi connectivity index (χ0n) is 13.6. The highest BCUT2D eigenvalue weighted by molar-refractivity contribution is 5.35. The highest BCUT2D eigenvalue weighted by Gasteiger charge is 2.00. The number of unbranched alkanes of at least 4 members (excludes halogenated alkanes) is 1. The van der Waals surface area contributed by atoms with Crippen molar-refractivity contribution < 1.29 is 14.2 Å². The SMILES string of the molecule is COc1ccc(OCCCCOc2ccc(C)cc2C)cc1. The molecule has 0 aliphatic heterocycles. The third-order valence-corrected chi connectivity index (χ3v) is 3.45. The second-order valence-electron chi connectivity index (χ2n) is 5.35. The van der Waals surface area contributed by atoms with Crippen LogP contribution in [0.3, 0.4) is 0 Å². The molecule has 22 heavy (non-hydrogen) atoms. The highest BCUT2D eigenvalue weighted by atomic mass is 16.5. The molecule has 0 bridgehead atoms. The summed E-state index contributed by atoms with van der Waals surface area (Å²) < 4.78 is 16.6. The molecule has 2 aromatic carbocycles. The Kier molecular flexibility index (Phi) is 6.13. The van der Waals surface area contributed by atoms with Gasteiger partial charge in [-0.1, -0.05) is 17.7 Å². The van der Waals surface area contributed by atoms with Crippen molar-refractivity contribution in [2.24, 2.45) is 0 Å². The van der Waals surface area contributed by atoms with E-state index < -0.39 is 0 Å². The summed E-state index contributed by atoms with van der Waals surface area (Å²) in [4.78, 5) is 0. The zero-order chi connectivity index (χ0) is 15.8. The van der Waals surface area contributed by atoms with Gasteiger partial charge < -0.3 is 14.2 Å². The Morgan fingerprint density at radius 1 is 0.773 bits per heavy atom. The second kappa shape index (κ2) is 8.32. The first kappa shape index (κ1) is 16.2. The van der Waals surface area contributed by atoms with Gasteiger partial charge in [0.2, 0.25) is 0 Å². The maximum absolute atomic E-state index is 5.80. The summed E-state index contributed by atoms with van der Waals surface area (Å²) in [5.41, 5.74) is 2.45. The van der Waals surface area contributed by atoms with Crippen molar-refractivity contribution in [2.45, 2.75) is 26.7 Å². The predicted octanol–water partition coefficient (Wildman–Crippen LogP) is 4.55. The lowest BCUT2D eigenvalue weighted by Crippen LogP contribution is -2.03. The average Bonchev–Trinajstić information content (AvgIpc) is 2.53. The van der Waals surface area contributed by atoms with E-state index in [1.165, 1.54) is 11.1 Å². The van der Waals surface area contributed by atoms with Crippen molar-refractivity contribution in [1.82, 2.24) is 0 Å². The van der Waals surface area contributed by atoms with E-state index in [4.69, 9.17) is 14.2 Å². The number of benzene rings is 2. The van der Waals surface area contributed by atoms with Crippen LogP contribution in [-0.2, 0) is 0 Å². The Hall–Kier alpha value is -2.16. The van der Waals surface area contributed by atoms with Crippen molar-refractivity contribution in [3.05, 3.63) is 53.6 Å². The maximum atomic E-state index is 5.80. The van der Waals surface area contributed by atoms with Gasteiger partial charge in [0, 0.05) is 0 Å². The summed E-state index contributed by atoms with van der Waals surface area (Å²) in [6.45, 7) is 5.58. The number of aryl methyl sites for hydroxylation is 2. The predicted molar refractivity (Wildman–Crippen MR) is 89.1 cm³/mol. The van der Waals surface area contributed by atoms with E-state index in [-0.39, 0.29) is 0 Å². The van der Waals surface area contributed by atoms with Crippen LogP contribution < -0.4 is 14.2 Å². The van der Waals surface area contributed by atoms with Crippen LogP contribution in [0.2, 0.25) is 0 Å². The van der Waals surface area contributed by atoms with E-state index in [2.05, 4.69) is 26.0 Å². The smallest absolute Gasteiger partial charge is 0.122 e. The molecule has 0 aliphatic rings. The molecule has 0 unspecified atom stereocenters. The molecule has 0 spiro atoms. The molecular formula is C19H24O3. The Morgan fingerprint density at radius 3 is 2.05 bits per heavy atom. The van der Waals surface area contributed by atoms with Crippen LogP contribution >= 0.6 is 0 Å². The molecule has 0 heterocycles. The Morgan fingerprint density at radius 2 is 1.41 bits per heavy atom. The molecule has 0 saturated heterocycles. The molecule has 0 aromatic heterocycles. The van der Waals surface area contributed by atoms with Gasteiger partial charge in [0.15, 0.2) is 0 Å². The summed E-state index contributed by atoms with van der Waals surface area (Å²) >= 11 is 0. The van der Waals surface area contributed by atoms with Crippen LogP contribution in [0.15, 0.2) is 42.5 Å². The van der Waals surface area contributed by atoms with Gasteiger partial charge in [-0.05, 0) is 62.6 Å². The van der Waals surface area contributed by atoms with E-state index in [0.717, 1.165) is 36.7 Å².